The summed E-state index contributed by atoms with van der Waals surface area (Å²) < 4.78 is 1.13. The molecule has 6 heteroatoms. The van der Waals surface area contributed by atoms with Crippen molar-refractivity contribution in [2.45, 2.75) is 13.0 Å². The Bertz CT molecular complexity index is 558. The molecule has 0 saturated heterocycles. The zero-order chi connectivity index (χ0) is 11.8. The first-order chi connectivity index (χ1) is 8.22. The lowest BCUT2D eigenvalue weighted by Gasteiger charge is -2.18. The smallest absolute Gasteiger partial charge is 0.180 e. The number of rotatable bonds is 2. The van der Waals surface area contributed by atoms with Crippen LogP contribution in [-0.4, -0.2) is 11.5 Å². The number of nitrogen functional groups attached to an aromatic ring is 1. The number of hydrogen-bond acceptors (Lipinski definition) is 4. The van der Waals surface area contributed by atoms with Gasteiger partial charge in [-0.3, -0.25) is 0 Å². The van der Waals surface area contributed by atoms with Crippen LogP contribution in [-0.2, 0) is 13.0 Å². The number of halogens is 2. The molecule has 1 aliphatic rings. The molecular formula is C12H13BrClN3S. The van der Waals surface area contributed by atoms with Gasteiger partial charge in [0.25, 0.3) is 0 Å². The first-order valence-corrected chi connectivity index (χ1v) is 7.07. The van der Waals surface area contributed by atoms with Crippen LogP contribution < -0.4 is 10.6 Å². The molecule has 0 saturated carbocycles. The molecule has 3 nitrogen and oxygen atoms in total. The van der Waals surface area contributed by atoms with Crippen molar-refractivity contribution in [1.29, 1.82) is 0 Å². The van der Waals surface area contributed by atoms with E-state index in [1.807, 2.05) is 6.20 Å². The minimum Gasteiger partial charge on any atom is -0.375 e. The van der Waals surface area contributed by atoms with Crippen molar-refractivity contribution in [2.24, 2.45) is 0 Å². The molecule has 0 spiro atoms. The van der Waals surface area contributed by atoms with Crippen molar-refractivity contribution < 1.29 is 0 Å². The van der Waals surface area contributed by atoms with E-state index in [0.29, 0.717) is 5.13 Å². The van der Waals surface area contributed by atoms with Gasteiger partial charge in [-0.25, -0.2) is 4.98 Å². The molecule has 0 radical (unpaired) electrons. The summed E-state index contributed by atoms with van der Waals surface area (Å²) in [5.41, 5.74) is 8.40. The molecular weight excluding hydrogens is 334 g/mol. The second-order valence-corrected chi connectivity index (χ2v) is 6.17. The fourth-order valence-electron chi connectivity index (χ4n) is 2.17. The lowest BCUT2D eigenvalue weighted by atomic mass is 10.2. The predicted octanol–water partition coefficient (Wildman–Crippen LogP) is 3.47. The Kier molecular flexibility index (Phi) is 4.14. The largest absolute Gasteiger partial charge is 0.375 e. The van der Waals surface area contributed by atoms with Crippen LogP contribution in [0.15, 0.2) is 28.9 Å². The fraction of sp³-hybridized carbons (Fsp3) is 0.250. The second kappa shape index (κ2) is 5.47. The van der Waals surface area contributed by atoms with Crippen molar-refractivity contribution in [1.82, 2.24) is 4.98 Å². The molecule has 3 rings (SSSR count). The van der Waals surface area contributed by atoms with Gasteiger partial charge in [0, 0.05) is 27.8 Å². The number of hydrogen-bond donors (Lipinski definition) is 1. The van der Waals surface area contributed by atoms with E-state index in [2.05, 4.69) is 44.0 Å². The standard InChI is InChI=1S/C12H12BrN3S.ClH/c13-9-2-1-8-3-4-16(11(8)5-9)7-10-6-15-12(14)17-10;/h1-2,5-6H,3-4,7H2,(H2,14,15);1H. The summed E-state index contributed by atoms with van der Waals surface area (Å²) in [6, 6.07) is 6.49. The summed E-state index contributed by atoms with van der Waals surface area (Å²) in [4.78, 5) is 7.69. The maximum atomic E-state index is 5.65. The minimum absolute atomic E-state index is 0. The second-order valence-electron chi connectivity index (χ2n) is 4.11. The number of nitrogens with zero attached hydrogens (tertiary/aromatic N) is 2. The molecule has 0 amide bonds. The number of benzene rings is 1. The molecule has 1 aromatic carbocycles. The number of nitrogens with two attached hydrogens (primary N) is 1. The van der Waals surface area contributed by atoms with E-state index in [9.17, 15) is 0 Å². The number of anilines is 2. The van der Waals surface area contributed by atoms with Gasteiger partial charge >= 0.3 is 0 Å². The van der Waals surface area contributed by atoms with Gasteiger partial charge in [-0.1, -0.05) is 22.0 Å². The first-order valence-electron chi connectivity index (χ1n) is 5.46. The molecule has 0 atom stereocenters. The monoisotopic (exact) mass is 345 g/mol. The highest BCUT2D eigenvalue weighted by Crippen LogP contribution is 2.32. The van der Waals surface area contributed by atoms with E-state index < -0.39 is 0 Å². The summed E-state index contributed by atoms with van der Waals surface area (Å²) in [5.74, 6) is 0. The summed E-state index contributed by atoms with van der Waals surface area (Å²) >= 11 is 5.09. The molecule has 18 heavy (non-hydrogen) atoms. The van der Waals surface area contributed by atoms with Gasteiger partial charge in [0.05, 0.1) is 6.54 Å². The van der Waals surface area contributed by atoms with Gasteiger partial charge in [0.2, 0.25) is 0 Å². The van der Waals surface area contributed by atoms with Gasteiger partial charge in [-0.05, 0) is 24.1 Å². The highest BCUT2D eigenvalue weighted by molar-refractivity contribution is 9.10. The van der Waals surface area contributed by atoms with E-state index in [1.54, 1.807) is 11.3 Å². The van der Waals surface area contributed by atoms with Crippen molar-refractivity contribution in [3.8, 4) is 0 Å². The van der Waals surface area contributed by atoms with E-state index in [0.717, 1.165) is 24.0 Å². The van der Waals surface area contributed by atoms with Crippen LogP contribution >= 0.6 is 39.7 Å². The van der Waals surface area contributed by atoms with Gasteiger partial charge in [-0.15, -0.1) is 23.7 Å². The zero-order valence-electron chi connectivity index (χ0n) is 9.60. The fourth-order valence-corrected chi connectivity index (χ4v) is 3.22. The van der Waals surface area contributed by atoms with Crippen molar-refractivity contribution in [2.75, 3.05) is 17.2 Å². The van der Waals surface area contributed by atoms with Crippen molar-refractivity contribution in [3.05, 3.63) is 39.3 Å². The van der Waals surface area contributed by atoms with E-state index in [4.69, 9.17) is 5.73 Å². The Hall–Kier alpha value is -0.780. The summed E-state index contributed by atoms with van der Waals surface area (Å²) in [6.07, 6.45) is 2.99. The van der Waals surface area contributed by atoms with Crippen LogP contribution in [0, 0.1) is 0 Å². The van der Waals surface area contributed by atoms with E-state index in [-0.39, 0.29) is 12.4 Å². The Morgan fingerprint density at radius 3 is 3.00 bits per heavy atom. The van der Waals surface area contributed by atoms with E-state index >= 15 is 0 Å². The van der Waals surface area contributed by atoms with Crippen LogP contribution in [0.25, 0.3) is 0 Å². The van der Waals surface area contributed by atoms with Gasteiger partial charge in [0.15, 0.2) is 5.13 Å². The molecule has 2 heterocycles. The third kappa shape index (κ3) is 2.63. The highest BCUT2D eigenvalue weighted by atomic mass is 79.9. The maximum Gasteiger partial charge on any atom is 0.180 e. The average molecular weight is 347 g/mol. The number of aromatic nitrogens is 1. The predicted molar refractivity (Wildman–Crippen MR) is 82.7 cm³/mol. The third-order valence-corrected chi connectivity index (χ3v) is 4.26. The zero-order valence-corrected chi connectivity index (χ0v) is 12.8. The lowest BCUT2D eigenvalue weighted by Crippen LogP contribution is -2.18. The third-order valence-electron chi connectivity index (χ3n) is 2.96. The van der Waals surface area contributed by atoms with E-state index in [1.165, 1.54) is 16.1 Å². The summed E-state index contributed by atoms with van der Waals surface area (Å²) in [7, 11) is 0. The number of fused-ring (bicyclic) bond motifs is 1. The number of thiazole rings is 1. The molecule has 0 unspecified atom stereocenters. The van der Waals surface area contributed by atoms with Crippen molar-refractivity contribution in [3.63, 3.8) is 0 Å². The van der Waals surface area contributed by atoms with Crippen LogP contribution in [0.1, 0.15) is 10.4 Å². The quantitative estimate of drug-likeness (QED) is 0.905. The Morgan fingerprint density at radius 1 is 1.44 bits per heavy atom. The van der Waals surface area contributed by atoms with Gasteiger partial charge in [-0.2, -0.15) is 0 Å². The van der Waals surface area contributed by atoms with Gasteiger partial charge < -0.3 is 10.6 Å². The molecule has 0 fully saturated rings. The Balaban J connectivity index is 0.00000120. The van der Waals surface area contributed by atoms with Crippen LogP contribution in [0.3, 0.4) is 0 Å². The lowest BCUT2D eigenvalue weighted by molar-refractivity contribution is 0.844. The molecule has 2 aromatic rings. The van der Waals surface area contributed by atoms with Crippen LogP contribution in [0.4, 0.5) is 10.8 Å². The summed E-state index contributed by atoms with van der Waals surface area (Å²) in [6.45, 7) is 1.97. The first kappa shape index (κ1) is 13.6. The Labute approximate surface area is 125 Å². The summed E-state index contributed by atoms with van der Waals surface area (Å²) in [5, 5.41) is 0.647. The molecule has 0 bridgehead atoms. The topological polar surface area (TPSA) is 42.1 Å². The van der Waals surface area contributed by atoms with Gasteiger partial charge in [0.1, 0.15) is 0 Å². The molecule has 1 aliphatic heterocycles. The van der Waals surface area contributed by atoms with Crippen LogP contribution in [0.2, 0.25) is 0 Å². The molecule has 0 aliphatic carbocycles. The molecule has 96 valence electrons. The maximum absolute atomic E-state index is 5.65. The average Bonchev–Trinajstić information content (AvgIpc) is 2.87. The minimum atomic E-state index is 0. The normalized spacial score (nSPS) is 13.3. The van der Waals surface area contributed by atoms with Crippen molar-refractivity contribution >= 4 is 50.5 Å². The highest BCUT2D eigenvalue weighted by Gasteiger charge is 2.19. The molecule has 1 aromatic heterocycles. The van der Waals surface area contributed by atoms with Crippen LogP contribution in [0.5, 0.6) is 0 Å². The Morgan fingerprint density at radius 2 is 2.28 bits per heavy atom. The SMILES string of the molecule is Cl.Nc1ncc(CN2CCc3ccc(Br)cc32)s1. The molecule has 2 N–H and O–H groups in total.